The van der Waals surface area contributed by atoms with Gasteiger partial charge < -0.3 is 5.11 Å². The standard InChI is InChI=1S/C31H35O2P/c32-24-12-1-2-13-25-33-28-22-20-27(21-23-28)26-34(29-14-6-3-7-15-29,30-16-8-4-9-17-30)31-18-10-5-11-19-31/h3-11,14-23,32,34H,1-2,12-13,24-26H2. The maximum atomic E-state index is 8.90. The van der Waals surface area contributed by atoms with Crippen molar-refractivity contribution in [2.75, 3.05) is 13.2 Å². The van der Waals surface area contributed by atoms with Crippen molar-refractivity contribution in [3.05, 3.63) is 121 Å². The van der Waals surface area contributed by atoms with Crippen LogP contribution in [0.1, 0.15) is 31.2 Å². The number of unbranched alkanes of at least 4 members (excludes halogenated alkanes) is 3. The summed E-state index contributed by atoms with van der Waals surface area (Å²) >= 11 is 0. The van der Waals surface area contributed by atoms with E-state index >= 15 is 0 Å². The van der Waals surface area contributed by atoms with Gasteiger partial charge in [0.2, 0.25) is 0 Å². The van der Waals surface area contributed by atoms with E-state index in [9.17, 15) is 0 Å². The third-order valence-electron chi connectivity index (χ3n) is 6.51. The summed E-state index contributed by atoms with van der Waals surface area (Å²) in [4.78, 5) is 0. The molecule has 0 spiro atoms. The fourth-order valence-corrected chi connectivity index (χ4v) is 9.49. The Balaban J connectivity index is 1.62. The molecule has 0 aliphatic heterocycles. The van der Waals surface area contributed by atoms with Gasteiger partial charge in [0, 0.05) is 0 Å². The van der Waals surface area contributed by atoms with Gasteiger partial charge >= 0.3 is 200 Å². The van der Waals surface area contributed by atoms with Gasteiger partial charge in [-0.2, -0.15) is 0 Å². The molecule has 34 heavy (non-hydrogen) atoms. The summed E-state index contributed by atoms with van der Waals surface area (Å²) in [6.07, 6.45) is 5.05. The first-order chi connectivity index (χ1) is 16.8. The molecule has 4 aromatic rings. The summed E-state index contributed by atoms with van der Waals surface area (Å²) in [5, 5.41) is 13.2. The molecule has 4 aromatic carbocycles. The molecule has 0 aliphatic rings. The average molecular weight is 471 g/mol. The zero-order chi connectivity index (χ0) is 23.5. The molecule has 0 aromatic heterocycles. The summed E-state index contributed by atoms with van der Waals surface area (Å²) in [6, 6.07) is 41.9. The predicted molar refractivity (Wildman–Crippen MR) is 148 cm³/mol. The molecule has 0 saturated carbocycles. The van der Waals surface area contributed by atoms with E-state index in [4.69, 9.17) is 9.84 Å². The molecule has 3 heteroatoms. The Labute approximate surface area is 204 Å². The van der Waals surface area contributed by atoms with E-state index in [0.29, 0.717) is 0 Å². The summed E-state index contributed by atoms with van der Waals surface area (Å²) in [6.45, 7) is 1.00. The van der Waals surface area contributed by atoms with Crippen LogP contribution in [0.25, 0.3) is 0 Å². The molecule has 0 radical (unpaired) electrons. The van der Waals surface area contributed by atoms with Crippen molar-refractivity contribution in [1.29, 1.82) is 0 Å². The predicted octanol–water partition coefficient (Wildman–Crippen LogP) is 5.84. The SMILES string of the molecule is OCCCCCCOc1ccc(C[PH](c2ccccc2)(c2ccccc2)c2ccccc2)cc1. The number of rotatable bonds is 12. The molecule has 0 bridgehead atoms. The molecule has 1 N–H and O–H groups in total. The summed E-state index contributed by atoms with van der Waals surface area (Å²) < 4.78 is 5.97. The second-order valence-corrected chi connectivity index (χ2v) is 12.7. The van der Waals surface area contributed by atoms with Crippen LogP contribution in [-0.4, -0.2) is 18.3 Å². The fourth-order valence-electron chi connectivity index (χ4n) is 4.74. The van der Waals surface area contributed by atoms with E-state index < -0.39 is 7.26 Å². The third-order valence-corrected chi connectivity index (χ3v) is 11.4. The minimum absolute atomic E-state index is 0.280. The molecule has 0 unspecified atom stereocenters. The zero-order valence-electron chi connectivity index (χ0n) is 19.8. The summed E-state index contributed by atoms with van der Waals surface area (Å²) in [5.74, 6) is 0.928. The average Bonchev–Trinajstić information content (AvgIpc) is 2.91. The third kappa shape index (κ3) is 5.95. The quantitative estimate of drug-likeness (QED) is 0.208. The van der Waals surface area contributed by atoms with Crippen molar-refractivity contribution in [2.45, 2.75) is 31.8 Å². The van der Waals surface area contributed by atoms with Gasteiger partial charge in [-0.1, -0.05) is 0 Å². The molecule has 0 aliphatic carbocycles. The van der Waals surface area contributed by atoms with Gasteiger partial charge in [-0.25, -0.2) is 0 Å². The molecule has 0 amide bonds. The topological polar surface area (TPSA) is 29.5 Å². The normalized spacial score (nSPS) is 11.8. The second kappa shape index (κ2) is 12.5. The number of benzene rings is 4. The first kappa shape index (κ1) is 24.2. The Morgan fingerprint density at radius 3 is 1.47 bits per heavy atom. The van der Waals surface area contributed by atoms with E-state index in [1.54, 1.807) is 0 Å². The van der Waals surface area contributed by atoms with Gasteiger partial charge in [0.1, 0.15) is 0 Å². The van der Waals surface area contributed by atoms with E-state index in [1.165, 1.54) is 21.5 Å². The van der Waals surface area contributed by atoms with E-state index in [2.05, 4.69) is 115 Å². The van der Waals surface area contributed by atoms with Crippen LogP contribution in [0.3, 0.4) is 0 Å². The van der Waals surface area contributed by atoms with Crippen LogP contribution < -0.4 is 20.7 Å². The molecule has 176 valence electrons. The van der Waals surface area contributed by atoms with Crippen LogP contribution in [0.15, 0.2) is 115 Å². The van der Waals surface area contributed by atoms with Crippen LogP contribution in [0, 0.1) is 0 Å². The molecule has 2 nitrogen and oxygen atoms in total. The number of aliphatic hydroxyl groups excluding tert-OH is 1. The van der Waals surface area contributed by atoms with Crippen molar-refractivity contribution in [3.63, 3.8) is 0 Å². The van der Waals surface area contributed by atoms with E-state index in [1.807, 2.05) is 0 Å². The second-order valence-electron chi connectivity index (χ2n) is 8.81. The molecule has 0 atom stereocenters. The van der Waals surface area contributed by atoms with Crippen molar-refractivity contribution < 1.29 is 9.84 Å². The van der Waals surface area contributed by atoms with Crippen LogP contribution in [0.4, 0.5) is 0 Å². The first-order valence-electron chi connectivity index (χ1n) is 12.3. The Morgan fingerprint density at radius 1 is 0.529 bits per heavy atom. The molecular formula is C31H35O2P. The number of aliphatic hydroxyl groups is 1. The van der Waals surface area contributed by atoms with Crippen LogP contribution >= 0.6 is 7.26 Å². The fraction of sp³-hybridized carbons (Fsp3) is 0.226. The Morgan fingerprint density at radius 2 is 1.00 bits per heavy atom. The number of hydrogen-bond acceptors (Lipinski definition) is 2. The molecule has 0 fully saturated rings. The van der Waals surface area contributed by atoms with Crippen molar-refractivity contribution in [2.24, 2.45) is 0 Å². The molecule has 0 heterocycles. The molecule has 0 saturated heterocycles. The molecular weight excluding hydrogens is 435 g/mol. The van der Waals surface area contributed by atoms with E-state index in [-0.39, 0.29) is 6.61 Å². The van der Waals surface area contributed by atoms with Gasteiger partial charge in [0.05, 0.1) is 0 Å². The van der Waals surface area contributed by atoms with Crippen molar-refractivity contribution in [3.8, 4) is 5.75 Å². The minimum atomic E-state index is -2.29. The Bertz CT molecular complexity index is 1000. The van der Waals surface area contributed by atoms with Crippen molar-refractivity contribution in [1.82, 2.24) is 0 Å². The summed E-state index contributed by atoms with van der Waals surface area (Å²) in [5.41, 5.74) is 1.33. The van der Waals surface area contributed by atoms with Gasteiger partial charge in [-0.15, -0.1) is 0 Å². The summed E-state index contributed by atoms with van der Waals surface area (Å²) in [7, 11) is -2.29. The Kier molecular flexibility index (Phi) is 8.90. The molecule has 4 rings (SSSR count). The zero-order valence-corrected chi connectivity index (χ0v) is 20.8. The van der Waals surface area contributed by atoms with Gasteiger partial charge in [0.15, 0.2) is 0 Å². The van der Waals surface area contributed by atoms with Crippen LogP contribution in [0.5, 0.6) is 5.75 Å². The van der Waals surface area contributed by atoms with E-state index in [0.717, 1.165) is 44.2 Å². The maximum absolute atomic E-state index is 8.90. The Hall–Kier alpha value is -2.93. The van der Waals surface area contributed by atoms with Crippen LogP contribution in [-0.2, 0) is 6.16 Å². The van der Waals surface area contributed by atoms with Crippen LogP contribution in [0.2, 0.25) is 0 Å². The first-order valence-corrected chi connectivity index (χ1v) is 14.5. The van der Waals surface area contributed by atoms with Crippen molar-refractivity contribution >= 4 is 23.2 Å². The van der Waals surface area contributed by atoms with Gasteiger partial charge in [-0.05, 0) is 0 Å². The monoisotopic (exact) mass is 470 g/mol. The number of hydrogen-bond donors (Lipinski definition) is 1. The van der Waals surface area contributed by atoms with Gasteiger partial charge in [-0.3, -0.25) is 0 Å². The number of ether oxygens (including phenoxy) is 1. The van der Waals surface area contributed by atoms with Gasteiger partial charge in [0.25, 0.3) is 0 Å².